The molecule has 3 heteroatoms. The summed E-state index contributed by atoms with van der Waals surface area (Å²) in [5.41, 5.74) is 3.12. The van der Waals surface area contributed by atoms with Crippen LogP contribution in [0.2, 0.25) is 1.41 Å². The average Bonchev–Trinajstić information content (AvgIpc) is 2.16. The van der Waals surface area contributed by atoms with E-state index in [0.29, 0.717) is 6.42 Å². The Morgan fingerprint density at radius 1 is 1.62 bits per heavy atom. The van der Waals surface area contributed by atoms with Gasteiger partial charge in [-0.1, -0.05) is 12.1 Å². The number of nitrogens with two attached hydrogens (primary N) is 1. The zero-order valence-electron chi connectivity index (χ0n) is 8.45. The number of Topliss-reactive ketones (excluding diaryl/α,β-unsaturated/α-hetero) is 1. The molecule has 13 heavy (non-hydrogen) atoms. The maximum atomic E-state index is 11.0. The second-order valence-corrected chi connectivity index (χ2v) is 3.03. The average molecular weight is 180 g/mol. The van der Waals surface area contributed by atoms with Crippen molar-refractivity contribution in [2.24, 2.45) is 5.73 Å². The molecule has 0 saturated carbocycles. The molecule has 0 amide bonds. The molecule has 70 valence electrons. The fraction of sp³-hybridized carbons (Fsp3) is 0.300. The minimum absolute atomic E-state index is 0.0620. The van der Waals surface area contributed by atoms with Gasteiger partial charge in [0.2, 0.25) is 0 Å². The molecule has 3 N–H and O–H groups in total. The molecule has 0 fully saturated rings. The molecule has 0 radical (unpaired) electrons. The molecule has 0 aliphatic rings. The van der Waals surface area contributed by atoms with E-state index in [1.165, 1.54) is 6.92 Å². The Balaban J connectivity index is 2.67. The smallest absolute Gasteiger partial charge is 0.146 e. The number of carbonyl (C=O) groups is 1. The van der Waals surface area contributed by atoms with Gasteiger partial charge in [-0.05, 0) is 31.0 Å². The first-order valence-electron chi connectivity index (χ1n) is 4.59. The van der Waals surface area contributed by atoms with Crippen LogP contribution in [0.1, 0.15) is 12.5 Å². The molecule has 0 bridgehead atoms. The molecule has 1 rings (SSSR count). The van der Waals surface area contributed by atoms with E-state index in [9.17, 15) is 4.79 Å². The highest BCUT2D eigenvalue weighted by molar-refractivity contribution is 5.81. The standard InChI is InChI=1S/C10H13NO2/c1-7(12)10(11)6-8-2-4-9(13)5-3-8/h2-5,10,13H,6,11H2,1H3/i/hD. The molecule has 0 spiro atoms. The second-order valence-electron chi connectivity index (χ2n) is 3.03. The van der Waals surface area contributed by atoms with E-state index in [4.69, 9.17) is 6.52 Å². The largest absolute Gasteiger partial charge is 0.508 e. The van der Waals surface area contributed by atoms with Gasteiger partial charge in [-0.2, -0.15) is 0 Å². The van der Waals surface area contributed by atoms with Crippen LogP contribution in [-0.2, 0) is 11.2 Å². The SMILES string of the molecule is [2H]NC(Cc1ccc(O)cc1)C(C)=O. The summed E-state index contributed by atoms with van der Waals surface area (Å²) in [5.74, 6) is 0.139. The molecule has 1 aromatic rings. The van der Waals surface area contributed by atoms with Crippen LogP contribution in [0.25, 0.3) is 0 Å². The first-order valence-corrected chi connectivity index (χ1v) is 4.09. The first-order chi connectivity index (χ1) is 6.63. The number of phenols is 1. The monoisotopic (exact) mass is 180 g/mol. The van der Waals surface area contributed by atoms with Crippen molar-refractivity contribution in [3.8, 4) is 5.75 Å². The summed E-state index contributed by atoms with van der Waals surface area (Å²) in [7, 11) is 0. The van der Waals surface area contributed by atoms with Gasteiger partial charge >= 0.3 is 0 Å². The van der Waals surface area contributed by atoms with Crippen molar-refractivity contribution < 1.29 is 11.3 Å². The van der Waals surface area contributed by atoms with E-state index < -0.39 is 6.04 Å². The molecule has 0 saturated heterocycles. The quantitative estimate of drug-likeness (QED) is 0.722. The number of ketones is 1. The highest BCUT2D eigenvalue weighted by Crippen LogP contribution is 2.10. The Kier molecular flexibility index (Phi) is 2.57. The zero-order chi connectivity index (χ0) is 10.6. The van der Waals surface area contributed by atoms with Crippen LogP contribution in [0.15, 0.2) is 24.3 Å². The van der Waals surface area contributed by atoms with Crippen LogP contribution < -0.4 is 5.73 Å². The molecule has 0 aliphatic heterocycles. The Bertz CT molecular complexity index is 310. The molecule has 0 aliphatic carbocycles. The minimum Gasteiger partial charge on any atom is -0.508 e. The lowest BCUT2D eigenvalue weighted by atomic mass is 10.0. The molecule has 1 unspecified atom stereocenters. The number of aromatic hydroxyl groups is 1. The lowest BCUT2D eigenvalue weighted by molar-refractivity contribution is -0.118. The van der Waals surface area contributed by atoms with Crippen molar-refractivity contribution in [3.63, 3.8) is 0 Å². The normalized spacial score (nSPS) is 13.5. The Morgan fingerprint density at radius 3 is 2.69 bits per heavy atom. The number of hydrogen-bond donors (Lipinski definition) is 2. The number of phenolic OH excluding ortho intramolecular Hbond substituents is 1. The molecule has 0 aromatic heterocycles. The summed E-state index contributed by atoms with van der Waals surface area (Å²) in [6, 6.07) is 6.14. The Morgan fingerprint density at radius 2 is 2.23 bits per heavy atom. The summed E-state index contributed by atoms with van der Waals surface area (Å²) in [6.45, 7) is 1.45. The number of hydrogen-bond acceptors (Lipinski definition) is 3. The van der Waals surface area contributed by atoms with Crippen molar-refractivity contribution in [3.05, 3.63) is 29.8 Å². The van der Waals surface area contributed by atoms with Crippen LogP contribution in [0.5, 0.6) is 5.75 Å². The number of rotatable bonds is 4. The summed E-state index contributed by atoms with van der Waals surface area (Å²) < 4.78 is 6.96. The molecule has 1 atom stereocenters. The van der Waals surface area contributed by atoms with Gasteiger partial charge in [0.05, 0.1) is 6.04 Å². The molecular formula is C10H13NO2. The van der Waals surface area contributed by atoms with Crippen LogP contribution in [-0.4, -0.2) is 16.9 Å². The molecule has 3 nitrogen and oxygen atoms in total. The van der Waals surface area contributed by atoms with Gasteiger partial charge in [0.15, 0.2) is 0 Å². The van der Waals surface area contributed by atoms with Gasteiger partial charge in [0.25, 0.3) is 0 Å². The minimum atomic E-state index is -0.473. The van der Waals surface area contributed by atoms with Gasteiger partial charge < -0.3 is 10.8 Å². The number of carbonyl (C=O) groups excluding carboxylic acids is 1. The highest BCUT2D eigenvalue weighted by Gasteiger charge is 2.08. The van der Waals surface area contributed by atoms with Crippen molar-refractivity contribution in [1.82, 2.24) is 0 Å². The summed E-state index contributed by atoms with van der Waals surface area (Å²) >= 11 is 0. The van der Waals surface area contributed by atoms with Crippen LogP contribution in [0.4, 0.5) is 0 Å². The number of benzene rings is 1. The fourth-order valence-electron chi connectivity index (χ4n) is 1.01. The Labute approximate surface area is 78.6 Å². The van der Waals surface area contributed by atoms with Crippen LogP contribution in [0, 0.1) is 0 Å². The van der Waals surface area contributed by atoms with Gasteiger partial charge in [-0.3, -0.25) is 4.79 Å². The third-order valence-corrected chi connectivity index (χ3v) is 1.87. The lowest BCUT2D eigenvalue weighted by Crippen LogP contribution is -2.30. The van der Waals surface area contributed by atoms with Crippen molar-refractivity contribution in [2.45, 2.75) is 19.4 Å². The third kappa shape index (κ3) is 2.87. The predicted molar refractivity (Wildman–Crippen MR) is 50.5 cm³/mol. The van der Waals surface area contributed by atoms with Crippen LogP contribution >= 0.6 is 0 Å². The molecular weight excluding hydrogens is 166 g/mol. The predicted octanol–water partition coefficient (Wildman–Crippen LogP) is 0.851. The van der Waals surface area contributed by atoms with E-state index in [-0.39, 0.29) is 11.5 Å². The topological polar surface area (TPSA) is 63.3 Å². The van der Waals surface area contributed by atoms with Crippen LogP contribution in [0.3, 0.4) is 0 Å². The van der Waals surface area contributed by atoms with Crippen molar-refractivity contribution in [1.29, 1.82) is 0 Å². The Hall–Kier alpha value is -1.35. The lowest BCUT2D eigenvalue weighted by Gasteiger charge is -2.07. The maximum absolute atomic E-state index is 11.0. The summed E-state index contributed by atoms with van der Waals surface area (Å²) in [5, 5.41) is 9.04. The van der Waals surface area contributed by atoms with E-state index in [0.717, 1.165) is 5.56 Å². The second kappa shape index (κ2) is 4.05. The molecule has 1 aromatic carbocycles. The first kappa shape index (κ1) is 8.26. The van der Waals surface area contributed by atoms with Gasteiger partial charge in [0, 0.05) is 0 Å². The summed E-state index contributed by atoms with van der Waals surface area (Å²) in [4.78, 5) is 11.0. The van der Waals surface area contributed by atoms with E-state index in [2.05, 4.69) is 5.73 Å². The summed E-state index contributed by atoms with van der Waals surface area (Å²) in [6.07, 6.45) is 0.471. The van der Waals surface area contributed by atoms with Gasteiger partial charge in [-0.25, -0.2) is 0 Å². The fourth-order valence-corrected chi connectivity index (χ4v) is 1.01. The highest BCUT2D eigenvalue weighted by atomic mass is 16.3. The maximum Gasteiger partial charge on any atom is 0.146 e. The van der Waals surface area contributed by atoms with E-state index in [1.54, 1.807) is 24.3 Å². The van der Waals surface area contributed by atoms with E-state index in [1.807, 2.05) is 0 Å². The zero-order valence-corrected chi connectivity index (χ0v) is 7.45. The van der Waals surface area contributed by atoms with E-state index >= 15 is 0 Å². The van der Waals surface area contributed by atoms with Gasteiger partial charge in [0.1, 0.15) is 12.9 Å². The third-order valence-electron chi connectivity index (χ3n) is 1.87. The van der Waals surface area contributed by atoms with Crippen molar-refractivity contribution >= 4 is 5.78 Å². The molecule has 0 heterocycles. The van der Waals surface area contributed by atoms with Crippen molar-refractivity contribution in [2.75, 3.05) is 0 Å². The van der Waals surface area contributed by atoms with Gasteiger partial charge in [-0.15, -0.1) is 0 Å².